The van der Waals surface area contributed by atoms with Crippen LogP contribution in [0.3, 0.4) is 0 Å². The van der Waals surface area contributed by atoms with E-state index in [4.69, 9.17) is 5.73 Å². The number of hydrogen-bond acceptors (Lipinski definition) is 4. The van der Waals surface area contributed by atoms with Gasteiger partial charge in [0, 0.05) is 19.2 Å². The summed E-state index contributed by atoms with van der Waals surface area (Å²) in [5.74, 6) is 1.86. The molecule has 0 aliphatic rings. The number of thioether (sulfide) groups is 1. The molecule has 0 saturated carbocycles. The molecule has 0 saturated heterocycles. The summed E-state index contributed by atoms with van der Waals surface area (Å²) in [6.07, 6.45) is 0.773. The molecule has 0 spiro atoms. The van der Waals surface area contributed by atoms with Gasteiger partial charge in [-0.3, -0.25) is 0 Å². The maximum Gasteiger partial charge on any atom is 0.191 e. The third kappa shape index (κ3) is 3.73. The highest BCUT2D eigenvalue weighted by Gasteiger charge is 2.08. The third-order valence-electron chi connectivity index (χ3n) is 2.50. The van der Waals surface area contributed by atoms with Crippen LogP contribution in [0.2, 0.25) is 0 Å². The lowest BCUT2D eigenvalue weighted by Crippen LogP contribution is -2.08. The smallest absolute Gasteiger partial charge is 0.191 e. The topological polar surface area (TPSA) is 56.7 Å². The summed E-state index contributed by atoms with van der Waals surface area (Å²) in [5.41, 5.74) is 6.81. The van der Waals surface area contributed by atoms with Crippen LogP contribution in [-0.4, -0.2) is 21.3 Å². The van der Waals surface area contributed by atoms with Gasteiger partial charge in [-0.25, -0.2) is 0 Å². The highest BCUT2D eigenvalue weighted by Crippen LogP contribution is 2.20. The summed E-state index contributed by atoms with van der Waals surface area (Å²) in [4.78, 5) is 0. The minimum atomic E-state index is 0. The molecule has 0 fully saturated rings. The fourth-order valence-electron chi connectivity index (χ4n) is 1.54. The predicted molar refractivity (Wildman–Crippen MR) is 77.0 cm³/mol. The summed E-state index contributed by atoms with van der Waals surface area (Å²) in [6.45, 7) is 0.606. The summed E-state index contributed by atoms with van der Waals surface area (Å²) in [6, 6.07) is 10.4. The van der Waals surface area contributed by atoms with E-state index in [0.717, 1.165) is 23.2 Å². The molecule has 0 atom stereocenters. The molecule has 2 N–H and O–H groups in total. The van der Waals surface area contributed by atoms with Crippen LogP contribution < -0.4 is 5.73 Å². The minimum absolute atomic E-state index is 0. The van der Waals surface area contributed by atoms with Gasteiger partial charge >= 0.3 is 0 Å². The number of aromatic nitrogens is 3. The predicted octanol–water partition coefficient (Wildman–Crippen LogP) is 2.03. The van der Waals surface area contributed by atoms with Crippen molar-refractivity contribution in [2.75, 3.05) is 6.54 Å². The number of nitrogens with zero attached hydrogens (tertiary/aromatic N) is 3. The molecule has 0 radical (unpaired) electrons. The van der Waals surface area contributed by atoms with E-state index in [1.165, 1.54) is 5.56 Å². The Labute approximate surface area is 117 Å². The zero-order chi connectivity index (χ0) is 12.1. The van der Waals surface area contributed by atoms with Gasteiger partial charge in [0.1, 0.15) is 5.82 Å². The average Bonchev–Trinajstić information content (AvgIpc) is 2.70. The molecule has 6 heteroatoms. The van der Waals surface area contributed by atoms with Gasteiger partial charge in [0.15, 0.2) is 5.16 Å². The van der Waals surface area contributed by atoms with Gasteiger partial charge in [-0.1, -0.05) is 42.1 Å². The molecule has 0 unspecified atom stereocenters. The Kier molecular flexibility index (Phi) is 6.18. The van der Waals surface area contributed by atoms with Gasteiger partial charge in [0.25, 0.3) is 0 Å². The first-order valence-electron chi connectivity index (χ1n) is 5.56. The Hall–Kier alpha value is -1.04. The van der Waals surface area contributed by atoms with Crippen molar-refractivity contribution in [3.63, 3.8) is 0 Å². The SMILES string of the molecule is Cl.Cn1c(CCN)nnc1SCc1ccccc1. The zero-order valence-corrected chi connectivity index (χ0v) is 11.9. The molecule has 0 bridgehead atoms. The molecule has 2 aromatic rings. The highest BCUT2D eigenvalue weighted by molar-refractivity contribution is 7.98. The molecule has 2 rings (SSSR count). The normalized spacial score (nSPS) is 10.1. The van der Waals surface area contributed by atoms with Crippen LogP contribution in [0.5, 0.6) is 0 Å². The first-order chi connectivity index (χ1) is 8.31. The van der Waals surface area contributed by atoms with Crippen molar-refractivity contribution in [1.82, 2.24) is 14.8 Å². The maximum absolute atomic E-state index is 5.52. The lowest BCUT2D eigenvalue weighted by molar-refractivity contribution is 0.727. The lowest BCUT2D eigenvalue weighted by atomic mass is 10.2. The number of hydrogen-bond donors (Lipinski definition) is 1. The first-order valence-corrected chi connectivity index (χ1v) is 6.55. The summed E-state index contributed by atoms with van der Waals surface area (Å²) in [7, 11) is 1.98. The number of halogens is 1. The fraction of sp³-hybridized carbons (Fsp3) is 0.333. The quantitative estimate of drug-likeness (QED) is 0.854. The van der Waals surface area contributed by atoms with Crippen molar-refractivity contribution in [1.29, 1.82) is 0 Å². The van der Waals surface area contributed by atoms with E-state index in [1.807, 2.05) is 29.8 Å². The maximum atomic E-state index is 5.52. The number of nitrogens with two attached hydrogens (primary N) is 1. The molecule has 98 valence electrons. The second kappa shape index (κ2) is 7.41. The van der Waals surface area contributed by atoms with Crippen molar-refractivity contribution in [2.45, 2.75) is 17.3 Å². The van der Waals surface area contributed by atoms with Gasteiger partial charge in [0.05, 0.1) is 0 Å². The lowest BCUT2D eigenvalue weighted by Gasteiger charge is -2.02. The third-order valence-corrected chi connectivity index (χ3v) is 3.60. The van der Waals surface area contributed by atoms with Crippen molar-refractivity contribution >= 4 is 24.2 Å². The largest absolute Gasteiger partial charge is 0.330 e. The van der Waals surface area contributed by atoms with Gasteiger partial charge in [-0.05, 0) is 12.1 Å². The molecular formula is C12H17ClN4S. The molecule has 4 nitrogen and oxygen atoms in total. The summed E-state index contributed by atoms with van der Waals surface area (Å²) >= 11 is 1.70. The van der Waals surface area contributed by atoms with E-state index in [0.29, 0.717) is 6.54 Å². The zero-order valence-electron chi connectivity index (χ0n) is 10.2. The molecule has 18 heavy (non-hydrogen) atoms. The Balaban J connectivity index is 0.00000162. The molecule has 1 aromatic heterocycles. The first kappa shape index (κ1) is 15.0. The molecule has 0 aliphatic carbocycles. The van der Waals surface area contributed by atoms with E-state index < -0.39 is 0 Å². The summed E-state index contributed by atoms with van der Waals surface area (Å²) in [5, 5.41) is 9.24. The highest BCUT2D eigenvalue weighted by atomic mass is 35.5. The Bertz CT molecular complexity index is 472. The van der Waals surface area contributed by atoms with Crippen LogP contribution in [0.1, 0.15) is 11.4 Å². The van der Waals surface area contributed by atoms with Gasteiger partial charge in [-0.15, -0.1) is 22.6 Å². The number of rotatable bonds is 5. The molecule has 0 aliphatic heterocycles. The molecule has 1 aromatic carbocycles. The fourth-order valence-corrected chi connectivity index (χ4v) is 2.43. The second-order valence-corrected chi connectivity index (χ2v) is 4.71. The van der Waals surface area contributed by atoms with E-state index in [9.17, 15) is 0 Å². The van der Waals surface area contributed by atoms with Crippen molar-refractivity contribution in [3.8, 4) is 0 Å². The van der Waals surface area contributed by atoms with Crippen LogP contribution in [-0.2, 0) is 19.2 Å². The minimum Gasteiger partial charge on any atom is -0.330 e. The van der Waals surface area contributed by atoms with E-state index in [-0.39, 0.29) is 12.4 Å². The Morgan fingerprint density at radius 3 is 2.61 bits per heavy atom. The Morgan fingerprint density at radius 1 is 1.22 bits per heavy atom. The number of benzene rings is 1. The van der Waals surface area contributed by atoms with E-state index in [2.05, 4.69) is 22.3 Å². The van der Waals surface area contributed by atoms with Crippen LogP contribution in [0.4, 0.5) is 0 Å². The standard InChI is InChI=1S/C12H16N4S.ClH/c1-16-11(7-8-13)14-15-12(16)17-9-10-5-3-2-4-6-10;/h2-6H,7-9,13H2,1H3;1H. The van der Waals surface area contributed by atoms with Crippen molar-refractivity contribution in [3.05, 3.63) is 41.7 Å². The van der Waals surface area contributed by atoms with Crippen molar-refractivity contribution in [2.24, 2.45) is 12.8 Å². The second-order valence-electron chi connectivity index (χ2n) is 3.77. The van der Waals surface area contributed by atoms with Crippen LogP contribution >= 0.6 is 24.2 Å². The van der Waals surface area contributed by atoms with E-state index in [1.54, 1.807) is 11.8 Å². The van der Waals surface area contributed by atoms with Crippen LogP contribution in [0.15, 0.2) is 35.5 Å². The molecule has 0 amide bonds. The van der Waals surface area contributed by atoms with Crippen LogP contribution in [0, 0.1) is 0 Å². The van der Waals surface area contributed by atoms with Crippen molar-refractivity contribution < 1.29 is 0 Å². The van der Waals surface area contributed by atoms with E-state index >= 15 is 0 Å². The molecular weight excluding hydrogens is 268 g/mol. The molecule has 1 heterocycles. The van der Waals surface area contributed by atoms with Gasteiger partial charge in [-0.2, -0.15) is 0 Å². The van der Waals surface area contributed by atoms with Gasteiger partial charge in [0.2, 0.25) is 0 Å². The monoisotopic (exact) mass is 284 g/mol. The average molecular weight is 285 g/mol. The Morgan fingerprint density at radius 2 is 1.94 bits per heavy atom. The van der Waals surface area contributed by atoms with Crippen LogP contribution in [0.25, 0.3) is 0 Å². The van der Waals surface area contributed by atoms with Gasteiger partial charge < -0.3 is 10.3 Å². The summed E-state index contributed by atoms with van der Waals surface area (Å²) < 4.78 is 2.01.